The largest absolute Gasteiger partial charge is 0.377 e. The Kier molecular flexibility index (Phi) is 9.55. The second kappa shape index (κ2) is 9.95. The van der Waals surface area contributed by atoms with Crippen LogP contribution in [-0.4, -0.2) is 37.2 Å². The van der Waals surface area contributed by atoms with Crippen LogP contribution in [0.2, 0.25) is 0 Å². The van der Waals surface area contributed by atoms with E-state index < -0.39 is 0 Å². The van der Waals surface area contributed by atoms with E-state index in [-0.39, 0.29) is 6.10 Å². The zero-order valence-electron chi connectivity index (χ0n) is 10.3. The smallest absolute Gasteiger partial charge is 0.0645 e. The van der Waals surface area contributed by atoms with Crippen LogP contribution in [0.1, 0.15) is 40.0 Å². The number of hydrogen-bond donors (Lipinski definition) is 0. The molecule has 1 unspecified atom stereocenters. The van der Waals surface area contributed by atoms with Gasteiger partial charge in [-0.25, -0.2) is 0 Å². The predicted octanol–water partition coefficient (Wildman–Crippen LogP) is 2.43. The molecule has 0 aliphatic heterocycles. The normalized spacial score (nSPS) is 12.7. The average molecular weight is 212 g/mol. The Morgan fingerprint density at radius 3 is 2.53 bits per heavy atom. The highest BCUT2D eigenvalue weighted by molar-refractivity contribution is 4.68. The van der Waals surface area contributed by atoms with Crippen LogP contribution in [0.3, 0.4) is 0 Å². The van der Waals surface area contributed by atoms with Crippen molar-refractivity contribution in [1.29, 1.82) is 5.26 Å². The molecule has 0 saturated carbocycles. The molecule has 0 bridgehead atoms. The molecule has 88 valence electrons. The molecule has 0 heterocycles. The van der Waals surface area contributed by atoms with Gasteiger partial charge in [0.1, 0.15) is 0 Å². The van der Waals surface area contributed by atoms with Crippen molar-refractivity contribution in [3.05, 3.63) is 0 Å². The van der Waals surface area contributed by atoms with E-state index in [0.29, 0.717) is 13.0 Å². The maximum Gasteiger partial charge on any atom is 0.0645 e. The van der Waals surface area contributed by atoms with Crippen molar-refractivity contribution in [2.45, 2.75) is 46.1 Å². The number of nitrogens with zero attached hydrogens (tertiary/aromatic N) is 2. The Morgan fingerprint density at radius 2 is 2.00 bits per heavy atom. The van der Waals surface area contributed by atoms with Crippen molar-refractivity contribution >= 4 is 0 Å². The molecule has 0 fully saturated rings. The molecule has 15 heavy (non-hydrogen) atoms. The standard InChI is InChI=1S/C12H24N2O/c1-4-14(5-2)10-6-8-12(3)15-11-7-9-13/h12H,4-8,10-11H2,1-3H3. The Labute approximate surface area is 94.0 Å². The molecular formula is C12H24N2O. The van der Waals surface area contributed by atoms with Crippen LogP contribution in [0.15, 0.2) is 0 Å². The zero-order valence-corrected chi connectivity index (χ0v) is 10.3. The first kappa shape index (κ1) is 14.4. The predicted molar refractivity (Wildman–Crippen MR) is 62.7 cm³/mol. The van der Waals surface area contributed by atoms with Crippen molar-refractivity contribution in [3.8, 4) is 6.07 Å². The summed E-state index contributed by atoms with van der Waals surface area (Å²) in [5, 5.41) is 8.36. The van der Waals surface area contributed by atoms with Crippen molar-refractivity contribution in [1.82, 2.24) is 4.90 Å². The lowest BCUT2D eigenvalue weighted by atomic mass is 10.2. The topological polar surface area (TPSA) is 36.3 Å². The first-order valence-electron chi connectivity index (χ1n) is 5.95. The molecule has 0 N–H and O–H groups in total. The van der Waals surface area contributed by atoms with Crippen molar-refractivity contribution in [3.63, 3.8) is 0 Å². The molecule has 3 heteroatoms. The van der Waals surface area contributed by atoms with E-state index in [0.717, 1.165) is 26.1 Å². The maximum atomic E-state index is 8.36. The van der Waals surface area contributed by atoms with Gasteiger partial charge in [0.25, 0.3) is 0 Å². The van der Waals surface area contributed by atoms with Gasteiger partial charge in [0.2, 0.25) is 0 Å². The summed E-state index contributed by atoms with van der Waals surface area (Å²) in [6, 6.07) is 2.08. The summed E-state index contributed by atoms with van der Waals surface area (Å²) in [7, 11) is 0. The molecule has 0 spiro atoms. The number of hydrogen-bond acceptors (Lipinski definition) is 3. The molecule has 0 radical (unpaired) electrons. The summed E-state index contributed by atoms with van der Waals surface area (Å²) in [4.78, 5) is 2.42. The first-order valence-corrected chi connectivity index (χ1v) is 5.95. The lowest BCUT2D eigenvalue weighted by Crippen LogP contribution is -2.24. The molecule has 0 aromatic carbocycles. The van der Waals surface area contributed by atoms with Crippen LogP contribution in [0.4, 0.5) is 0 Å². The fourth-order valence-electron chi connectivity index (χ4n) is 1.53. The van der Waals surface area contributed by atoms with Crippen LogP contribution in [0, 0.1) is 11.3 Å². The highest BCUT2D eigenvalue weighted by Gasteiger charge is 2.03. The fraction of sp³-hybridized carbons (Fsp3) is 0.917. The van der Waals surface area contributed by atoms with Gasteiger partial charge in [-0.2, -0.15) is 5.26 Å². The minimum absolute atomic E-state index is 0.286. The Hall–Kier alpha value is -0.590. The average Bonchev–Trinajstić information content (AvgIpc) is 2.25. The second-order valence-electron chi connectivity index (χ2n) is 3.76. The number of rotatable bonds is 9. The summed E-state index contributed by atoms with van der Waals surface area (Å²) in [5.41, 5.74) is 0. The van der Waals surface area contributed by atoms with E-state index in [2.05, 4.69) is 31.7 Å². The SMILES string of the molecule is CCN(CC)CCCC(C)OCCC#N. The van der Waals surface area contributed by atoms with Gasteiger partial charge in [0, 0.05) is 0 Å². The van der Waals surface area contributed by atoms with Gasteiger partial charge in [0.05, 0.1) is 25.2 Å². The van der Waals surface area contributed by atoms with Crippen LogP contribution < -0.4 is 0 Å². The highest BCUT2D eigenvalue weighted by atomic mass is 16.5. The van der Waals surface area contributed by atoms with E-state index in [1.54, 1.807) is 0 Å². The molecule has 0 aliphatic rings. The van der Waals surface area contributed by atoms with Crippen LogP contribution in [0.25, 0.3) is 0 Å². The van der Waals surface area contributed by atoms with Crippen molar-refractivity contribution in [2.75, 3.05) is 26.2 Å². The summed E-state index contributed by atoms with van der Waals surface area (Å²) in [6.07, 6.45) is 3.05. The molecule has 0 rings (SSSR count). The van der Waals surface area contributed by atoms with Gasteiger partial charge in [-0.15, -0.1) is 0 Å². The molecular weight excluding hydrogens is 188 g/mol. The second-order valence-corrected chi connectivity index (χ2v) is 3.76. The van der Waals surface area contributed by atoms with E-state index in [9.17, 15) is 0 Å². The lowest BCUT2D eigenvalue weighted by Gasteiger charge is -2.19. The Bertz CT molecular complexity index is 173. The minimum atomic E-state index is 0.286. The van der Waals surface area contributed by atoms with Gasteiger partial charge in [-0.05, 0) is 39.4 Å². The third kappa shape index (κ3) is 8.41. The van der Waals surface area contributed by atoms with E-state index in [4.69, 9.17) is 10.00 Å². The molecule has 1 atom stereocenters. The zero-order chi connectivity index (χ0) is 11.5. The Balaban J connectivity index is 3.37. The van der Waals surface area contributed by atoms with E-state index >= 15 is 0 Å². The first-order chi connectivity index (χ1) is 7.24. The summed E-state index contributed by atoms with van der Waals surface area (Å²) < 4.78 is 5.49. The third-order valence-electron chi connectivity index (χ3n) is 2.60. The molecule has 3 nitrogen and oxygen atoms in total. The van der Waals surface area contributed by atoms with Crippen molar-refractivity contribution < 1.29 is 4.74 Å². The summed E-state index contributed by atoms with van der Waals surface area (Å²) in [6.45, 7) is 10.4. The maximum absolute atomic E-state index is 8.36. The van der Waals surface area contributed by atoms with E-state index in [1.807, 2.05) is 0 Å². The fourth-order valence-corrected chi connectivity index (χ4v) is 1.53. The van der Waals surface area contributed by atoms with Crippen LogP contribution in [0.5, 0.6) is 0 Å². The van der Waals surface area contributed by atoms with Gasteiger partial charge in [0.15, 0.2) is 0 Å². The highest BCUT2D eigenvalue weighted by Crippen LogP contribution is 2.03. The van der Waals surface area contributed by atoms with Crippen molar-refractivity contribution in [2.24, 2.45) is 0 Å². The van der Waals surface area contributed by atoms with Gasteiger partial charge in [-0.3, -0.25) is 0 Å². The minimum Gasteiger partial charge on any atom is -0.377 e. The Morgan fingerprint density at radius 1 is 1.33 bits per heavy atom. The molecule has 0 saturated heterocycles. The molecule has 0 aromatic heterocycles. The van der Waals surface area contributed by atoms with Gasteiger partial charge >= 0.3 is 0 Å². The monoisotopic (exact) mass is 212 g/mol. The summed E-state index contributed by atoms with van der Waals surface area (Å²) >= 11 is 0. The molecule has 0 aromatic rings. The third-order valence-corrected chi connectivity index (χ3v) is 2.60. The van der Waals surface area contributed by atoms with Crippen LogP contribution >= 0.6 is 0 Å². The molecule has 0 aliphatic carbocycles. The van der Waals surface area contributed by atoms with E-state index in [1.165, 1.54) is 6.42 Å². The quantitative estimate of drug-likeness (QED) is 0.551. The number of ether oxygens (including phenoxy) is 1. The van der Waals surface area contributed by atoms with Crippen LogP contribution in [-0.2, 0) is 4.74 Å². The van der Waals surface area contributed by atoms with Gasteiger partial charge < -0.3 is 9.64 Å². The number of nitriles is 1. The lowest BCUT2D eigenvalue weighted by molar-refractivity contribution is 0.0608. The van der Waals surface area contributed by atoms with Gasteiger partial charge in [-0.1, -0.05) is 13.8 Å². The molecule has 0 amide bonds. The summed E-state index contributed by atoms with van der Waals surface area (Å²) in [5.74, 6) is 0.